The predicted molar refractivity (Wildman–Crippen MR) is 72.3 cm³/mol. The number of H-pyrrole nitrogens is 1. The van der Waals surface area contributed by atoms with Crippen LogP contribution in [0.3, 0.4) is 0 Å². The zero-order valence-corrected chi connectivity index (χ0v) is 11.2. The number of nitrogens with zero attached hydrogens (tertiary/aromatic N) is 1. The number of rotatable bonds is 3. The molecular weight excluding hydrogens is 262 g/mol. The van der Waals surface area contributed by atoms with Gasteiger partial charge in [0.05, 0.1) is 19.3 Å². The lowest BCUT2D eigenvalue weighted by molar-refractivity contribution is -0.0335. The average Bonchev–Trinajstić information content (AvgIpc) is 2.87. The predicted octanol–water partition coefficient (Wildman–Crippen LogP) is -0.829. The van der Waals surface area contributed by atoms with Gasteiger partial charge in [-0.3, -0.25) is 14.3 Å². The highest BCUT2D eigenvalue weighted by Crippen LogP contribution is 2.26. The van der Waals surface area contributed by atoms with Crippen LogP contribution in [0.4, 0.5) is 0 Å². The van der Waals surface area contributed by atoms with Crippen molar-refractivity contribution in [1.82, 2.24) is 9.55 Å². The van der Waals surface area contributed by atoms with E-state index in [1.165, 1.54) is 10.8 Å². The molecule has 2 unspecified atom stereocenters. The monoisotopic (exact) mass is 279 g/mol. The molecule has 1 fully saturated rings. The molecule has 1 aromatic heterocycles. The van der Waals surface area contributed by atoms with Crippen molar-refractivity contribution in [3.05, 3.63) is 32.6 Å². The standard InChI is InChI=1S/C13H17N3O4/c1-19-8-10-4-5-11(20-10)16-7-9(3-2-6-14)12(17)15-13(16)18/h7,10-11H,4-6,8,14H2,1H3,(H,15,17,18). The molecule has 0 aliphatic carbocycles. The highest BCUT2D eigenvalue weighted by atomic mass is 16.5. The van der Waals surface area contributed by atoms with Gasteiger partial charge in [-0.05, 0) is 12.8 Å². The summed E-state index contributed by atoms with van der Waals surface area (Å²) in [5, 5.41) is 0. The van der Waals surface area contributed by atoms with Gasteiger partial charge in [0.1, 0.15) is 11.8 Å². The zero-order chi connectivity index (χ0) is 14.5. The zero-order valence-electron chi connectivity index (χ0n) is 11.2. The Hall–Kier alpha value is -1.88. The molecule has 0 aromatic carbocycles. The summed E-state index contributed by atoms with van der Waals surface area (Å²) in [6.45, 7) is 0.628. The number of hydrogen-bond donors (Lipinski definition) is 2. The number of methoxy groups -OCH3 is 1. The lowest BCUT2D eigenvalue weighted by Crippen LogP contribution is -2.33. The van der Waals surface area contributed by atoms with E-state index in [1.807, 2.05) is 0 Å². The first-order valence-corrected chi connectivity index (χ1v) is 6.34. The molecule has 108 valence electrons. The fraction of sp³-hybridized carbons (Fsp3) is 0.538. The van der Waals surface area contributed by atoms with Crippen molar-refractivity contribution in [2.24, 2.45) is 5.73 Å². The molecule has 0 spiro atoms. The summed E-state index contributed by atoms with van der Waals surface area (Å²) >= 11 is 0. The van der Waals surface area contributed by atoms with E-state index < -0.39 is 17.5 Å². The molecule has 2 atom stereocenters. The molecule has 1 aromatic rings. The molecule has 0 bridgehead atoms. The van der Waals surface area contributed by atoms with Gasteiger partial charge < -0.3 is 15.2 Å². The van der Waals surface area contributed by atoms with Crippen molar-refractivity contribution >= 4 is 0 Å². The summed E-state index contributed by atoms with van der Waals surface area (Å²) in [4.78, 5) is 25.7. The SMILES string of the molecule is COCC1CCC(n2cc(C#CCN)c(=O)[nH]c2=O)O1. The van der Waals surface area contributed by atoms with Gasteiger partial charge in [0.25, 0.3) is 5.56 Å². The van der Waals surface area contributed by atoms with Crippen molar-refractivity contribution < 1.29 is 9.47 Å². The Kier molecular flexibility index (Phi) is 4.74. The van der Waals surface area contributed by atoms with E-state index in [1.54, 1.807) is 7.11 Å². The molecule has 7 heteroatoms. The largest absolute Gasteiger partial charge is 0.382 e. The number of aromatic amines is 1. The number of aromatic nitrogens is 2. The number of nitrogens with one attached hydrogen (secondary N) is 1. The topological polar surface area (TPSA) is 99.3 Å². The Balaban J connectivity index is 2.28. The van der Waals surface area contributed by atoms with Gasteiger partial charge in [-0.25, -0.2) is 4.79 Å². The summed E-state index contributed by atoms with van der Waals surface area (Å²) in [6, 6.07) is 0. The van der Waals surface area contributed by atoms with Crippen LogP contribution in [-0.2, 0) is 9.47 Å². The number of nitrogens with two attached hydrogens (primary N) is 1. The van der Waals surface area contributed by atoms with Crippen LogP contribution in [0.25, 0.3) is 0 Å². The normalized spacial score (nSPS) is 21.5. The van der Waals surface area contributed by atoms with Gasteiger partial charge in [-0.15, -0.1) is 0 Å². The summed E-state index contributed by atoms with van der Waals surface area (Å²) in [6.07, 6.45) is 2.46. The molecule has 0 amide bonds. The van der Waals surface area contributed by atoms with Crippen molar-refractivity contribution in [2.45, 2.75) is 25.2 Å². The van der Waals surface area contributed by atoms with Crippen molar-refractivity contribution in [3.8, 4) is 11.8 Å². The molecule has 0 radical (unpaired) electrons. The summed E-state index contributed by atoms with van der Waals surface area (Å²) in [7, 11) is 1.60. The molecule has 2 heterocycles. The van der Waals surface area contributed by atoms with Crippen LogP contribution >= 0.6 is 0 Å². The van der Waals surface area contributed by atoms with E-state index in [9.17, 15) is 9.59 Å². The van der Waals surface area contributed by atoms with E-state index in [-0.39, 0.29) is 18.2 Å². The van der Waals surface area contributed by atoms with Crippen molar-refractivity contribution in [2.75, 3.05) is 20.3 Å². The quantitative estimate of drug-likeness (QED) is 0.704. The summed E-state index contributed by atoms with van der Waals surface area (Å²) < 4.78 is 12.1. The Morgan fingerprint density at radius 3 is 3.05 bits per heavy atom. The minimum atomic E-state index is -0.515. The van der Waals surface area contributed by atoms with E-state index in [4.69, 9.17) is 15.2 Å². The van der Waals surface area contributed by atoms with Gasteiger partial charge in [-0.2, -0.15) is 0 Å². The molecule has 20 heavy (non-hydrogen) atoms. The van der Waals surface area contributed by atoms with Gasteiger partial charge >= 0.3 is 5.69 Å². The molecule has 1 aliphatic heterocycles. The maximum absolute atomic E-state index is 11.8. The molecule has 7 nitrogen and oxygen atoms in total. The minimum absolute atomic E-state index is 0.0394. The highest BCUT2D eigenvalue weighted by molar-refractivity contribution is 5.29. The van der Waals surface area contributed by atoms with Crippen LogP contribution < -0.4 is 17.0 Å². The second kappa shape index (κ2) is 6.52. The fourth-order valence-electron chi connectivity index (χ4n) is 2.13. The Bertz CT molecular complexity index is 637. The summed E-state index contributed by atoms with van der Waals surface area (Å²) in [5.41, 5.74) is 4.46. The van der Waals surface area contributed by atoms with Crippen LogP contribution in [0, 0.1) is 11.8 Å². The smallest absolute Gasteiger partial charge is 0.330 e. The van der Waals surface area contributed by atoms with Crippen LogP contribution in [0.2, 0.25) is 0 Å². The third kappa shape index (κ3) is 3.17. The molecule has 3 N–H and O–H groups in total. The molecule has 2 rings (SSSR count). The van der Waals surface area contributed by atoms with Gasteiger partial charge in [-0.1, -0.05) is 11.8 Å². The fourth-order valence-corrected chi connectivity index (χ4v) is 2.13. The van der Waals surface area contributed by atoms with Crippen molar-refractivity contribution in [3.63, 3.8) is 0 Å². The van der Waals surface area contributed by atoms with Crippen LogP contribution in [-0.4, -0.2) is 35.9 Å². The first kappa shape index (κ1) is 14.5. The van der Waals surface area contributed by atoms with Gasteiger partial charge in [0, 0.05) is 13.3 Å². The summed E-state index contributed by atoms with van der Waals surface area (Å²) in [5.74, 6) is 5.23. The van der Waals surface area contributed by atoms with E-state index in [0.29, 0.717) is 13.0 Å². The molecular formula is C13H17N3O4. The highest BCUT2D eigenvalue weighted by Gasteiger charge is 2.27. The van der Waals surface area contributed by atoms with Gasteiger partial charge in [0.15, 0.2) is 0 Å². The maximum Gasteiger partial charge on any atom is 0.330 e. The Labute approximate surface area is 115 Å². The number of hydrogen-bond acceptors (Lipinski definition) is 5. The Morgan fingerprint density at radius 1 is 1.55 bits per heavy atom. The van der Waals surface area contributed by atoms with Crippen molar-refractivity contribution in [1.29, 1.82) is 0 Å². The van der Waals surface area contributed by atoms with Crippen LogP contribution in [0.15, 0.2) is 15.8 Å². The first-order chi connectivity index (χ1) is 9.65. The third-order valence-corrected chi connectivity index (χ3v) is 3.04. The van der Waals surface area contributed by atoms with E-state index in [0.717, 1.165) is 6.42 Å². The first-order valence-electron chi connectivity index (χ1n) is 6.34. The maximum atomic E-state index is 11.8. The average molecular weight is 279 g/mol. The molecule has 1 aliphatic rings. The Morgan fingerprint density at radius 2 is 2.35 bits per heavy atom. The van der Waals surface area contributed by atoms with Gasteiger partial charge in [0.2, 0.25) is 0 Å². The molecule has 1 saturated heterocycles. The molecule has 0 saturated carbocycles. The van der Waals surface area contributed by atoms with Crippen LogP contribution in [0.5, 0.6) is 0 Å². The van der Waals surface area contributed by atoms with E-state index >= 15 is 0 Å². The third-order valence-electron chi connectivity index (χ3n) is 3.04. The van der Waals surface area contributed by atoms with Crippen LogP contribution in [0.1, 0.15) is 24.6 Å². The second-order valence-corrected chi connectivity index (χ2v) is 4.46. The van der Waals surface area contributed by atoms with E-state index in [2.05, 4.69) is 16.8 Å². The lowest BCUT2D eigenvalue weighted by atomic mass is 10.2. The second-order valence-electron chi connectivity index (χ2n) is 4.46. The number of ether oxygens (including phenoxy) is 2. The minimum Gasteiger partial charge on any atom is -0.382 e. The lowest BCUT2D eigenvalue weighted by Gasteiger charge is -2.15.